The van der Waals surface area contributed by atoms with E-state index < -0.39 is 12.0 Å². The van der Waals surface area contributed by atoms with E-state index >= 15 is 0 Å². The van der Waals surface area contributed by atoms with Crippen LogP contribution in [0.3, 0.4) is 0 Å². The summed E-state index contributed by atoms with van der Waals surface area (Å²) in [4.78, 5) is 41.1. The lowest BCUT2D eigenvalue weighted by molar-refractivity contribution is 0.0513. The summed E-state index contributed by atoms with van der Waals surface area (Å²) < 4.78 is 12.0. The van der Waals surface area contributed by atoms with Crippen molar-refractivity contribution in [1.29, 1.82) is 0 Å². The van der Waals surface area contributed by atoms with Crippen molar-refractivity contribution in [3.05, 3.63) is 44.9 Å². The van der Waals surface area contributed by atoms with Crippen LogP contribution in [0, 0.1) is 13.8 Å². The molecule has 2 heterocycles. The minimum atomic E-state index is -0.689. The average Bonchev–Trinajstić information content (AvgIpc) is 3.32. The third kappa shape index (κ3) is 4.82. The number of methoxy groups -OCH3 is 1. The van der Waals surface area contributed by atoms with Gasteiger partial charge in [-0.1, -0.05) is 6.07 Å². The number of nitrogens with zero attached hydrogens (tertiary/aromatic N) is 2. The van der Waals surface area contributed by atoms with E-state index in [0.29, 0.717) is 47.0 Å². The Morgan fingerprint density at radius 3 is 2.53 bits per heavy atom. The van der Waals surface area contributed by atoms with E-state index in [1.54, 1.807) is 57.4 Å². The van der Waals surface area contributed by atoms with E-state index in [0.717, 1.165) is 0 Å². The third-order valence-corrected chi connectivity index (χ3v) is 6.09. The highest BCUT2D eigenvalue weighted by molar-refractivity contribution is 7.12. The molecule has 0 spiro atoms. The summed E-state index contributed by atoms with van der Waals surface area (Å²) in [7, 11) is 3.34. The molecule has 2 aromatic rings. The van der Waals surface area contributed by atoms with Gasteiger partial charge in [0.2, 0.25) is 0 Å². The Labute approximate surface area is 181 Å². The maximum atomic E-state index is 13.5. The Kier molecular flexibility index (Phi) is 8.37. The molecule has 7 nitrogen and oxygen atoms in total. The fraction of sp³-hybridized carbons (Fsp3) is 0.500. The van der Waals surface area contributed by atoms with Crippen LogP contribution < -0.4 is 0 Å². The molecular formula is C22H30N2O5S. The molecule has 1 atom stereocenters. The van der Waals surface area contributed by atoms with Crippen molar-refractivity contribution in [3.63, 3.8) is 0 Å². The van der Waals surface area contributed by atoms with Gasteiger partial charge < -0.3 is 18.9 Å². The van der Waals surface area contributed by atoms with E-state index in [1.807, 2.05) is 11.4 Å². The number of esters is 1. The zero-order chi connectivity index (χ0) is 22.4. The summed E-state index contributed by atoms with van der Waals surface area (Å²) in [6, 6.07) is 2.88. The summed E-state index contributed by atoms with van der Waals surface area (Å²) >= 11 is 1.35. The second kappa shape index (κ2) is 10.5. The van der Waals surface area contributed by atoms with E-state index in [2.05, 4.69) is 0 Å². The number of ether oxygens (including phenoxy) is 2. The second-order valence-electron chi connectivity index (χ2n) is 7.08. The van der Waals surface area contributed by atoms with Crippen molar-refractivity contribution < 1.29 is 23.9 Å². The molecule has 8 heteroatoms. The van der Waals surface area contributed by atoms with Crippen molar-refractivity contribution in [2.24, 2.45) is 7.05 Å². The van der Waals surface area contributed by atoms with Crippen LogP contribution in [0.5, 0.6) is 0 Å². The maximum absolute atomic E-state index is 13.5. The summed E-state index contributed by atoms with van der Waals surface area (Å²) in [5, 5.41) is 1.84. The number of ketones is 1. The maximum Gasteiger partial charge on any atom is 0.355 e. The normalized spacial score (nSPS) is 11.9. The molecule has 0 aromatic carbocycles. The molecule has 0 aliphatic carbocycles. The summed E-state index contributed by atoms with van der Waals surface area (Å²) in [6.45, 7) is 8.16. The Balaban J connectivity index is 2.40. The van der Waals surface area contributed by atoms with Gasteiger partial charge in [0.05, 0.1) is 17.5 Å². The molecule has 0 bridgehead atoms. The molecule has 30 heavy (non-hydrogen) atoms. The van der Waals surface area contributed by atoms with Crippen LogP contribution in [0.25, 0.3) is 0 Å². The molecule has 0 aliphatic heterocycles. The van der Waals surface area contributed by atoms with E-state index in [4.69, 9.17) is 9.47 Å². The number of Topliss-reactive ketones (excluding diaryl/α,β-unsaturated/α-hetero) is 1. The van der Waals surface area contributed by atoms with Gasteiger partial charge in [0.15, 0.2) is 5.78 Å². The van der Waals surface area contributed by atoms with Crippen molar-refractivity contribution in [1.82, 2.24) is 9.47 Å². The first-order chi connectivity index (χ1) is 14.3. The molecule has 1 unspecified atom stereocenters. The highest BCUT2D eigenvalue weighted by Crippen LogP contribution is 2.25. The lowest BCUT2D eigenvalue weighted by Crippen LogP contribution is -2.44. The van der Waals surface area contributed by atoms with Crippen LogP contribution in [0.2, 0.25) is 0 Å². The number of hydrogen-bond acceptors (Lipinski definition) is 6. The van der Waals surface area contributed by atoms with Gasteiger partial charge in [0.1, 0.15) is 5.69 Å². The minimum absolute atomic E-state index is 0.182. The van der Waals surface area contributed by atoms with Crippen molar-refractivity contribution in [2.45, 2.75) is 40.2 Å². The van der Waals surface area contributed by atoms with Gasteiger partial charge in [0, 0.05) is 38.6 Å². The van der Waals surface area contributed by atoms with Gasteiger partial charge in [-0.05, 0) is 51.1 Å². The molecule has 164 valence electrons. The van der Waals surface area contributed by atoms with Crippen LogP contribution in [0.15, 0.2) is 17.5 Å². The lowest BCUT2D eigenvalue weighted by atomic mass is 9.99. The second-order valence-corrected chi connectivity index (χ2v) is 8.02. The number of aromatic nitrogens is 1. The number of carbonyl (C=O) groups excluding carboxylic acids is 3. The first kappa shape index (κ1) is 23.8. The molecule has 1 amide bonds. The number of hydrogen-bond donors (Lipinski definition) is 0. The quantitative estimate of drug-likeness (QED) is 0.324. The van der Waals surface area contributed by atoms with Gasteiger partial charge in [0.25, 0.3) is 5.91 Å². The predicted molar refractivity (Wildman–Crippen MR) is 116 cm³/mol. The van der Waals surface area contributed by atoms with Crippen molar-refractivity contribution in [3.8, 4) is 0 Å². The van der Waals surface area contributed by atoms with Crippen molar-refractivity contribution in [2.75, 3.05) is 26.9 Å². The largest absolute Gasteiger partial charge is 0.461 e. The van der Waals surface area contributed by atoms with E-state index in [1.165, 1.54) is 11.3 Å². The summed E-state index contributed by atoms with van der Waals surface area (Å²) in [5.41, 5.74) is 2.07. The molecule has 0 aliphatic rings. The van der Waals surface area contributed by atoms with Crippen LogP contribution in [0.4, 0.5) is 0 Å². The molecular weight excluding hydrogens is 404 g/mol. The zero-order valence-electron chi connectivity index (χ0n) is 18.5. The van der Waals surface area contributed by atoms with E-state index in [-0.39, 0.29) is 18.3 Å². The lowest BCUT2D eigenvalue weighted by Gasteiger charge is -2.28. The molecule has 2 aromatic heterocycles. The van der Waals surface area contributed by atoms with E-state index in [9.17, 15) is 14.4 Å². The van der Waals surface area contributed by atoms with Gasteiger partial charge in [-0.3, -0.25) is 9.59 Å². The first-order valence-corrected chi connectivity index (χ1v) is 10.8. The summed E-state index contributed by atoms with van der Waals surface area (Å²) in [6.07, 6.45) is 0.617. The Morgan fingerprint density at radius 1 is 1.27 bits per heavy atom. The standard InChI is InChI=1S/C22H30N2O5S/c1-7-29-22(27)19-14(2)18(15(3)23(19)5)20(25)16(4)24(11-9-12-28-6)21(26)17-10-8-13-30-17/h8,10,13,16H,7,9,11-12H2,1-6H3. The first-order valence-electron chi connectivity index (χ1n) is 9.96. The SMILES string of the molecule is CCOC(=O)c1c(C)c(C(=O)C(C)N(CCCOC)C(=O)c2cccs2)c(C)n1C. The topological polar surface area (TPSA) is 77.8 Å². The highest BCUT2D eigenvalue weighted by Gasteiger charge is 2.32. The average molecular weight is 435 g/mol. The molecule has 0 fully saturated rings. The Hall–Kier alpha value is -2.45. The Morgan fingerprint density at radius 2 is 1.97 bits per heavy atom. The molecule has 0 N–H and O–H groups in total. The van der Waals surface area contributed by atoms with Crippen LogP contribution in [-0.2, 0) is 16.5 Å². The zero-order valence-corrected chi connectivity index (χ0v) is 19.3. The van der Waals surface area contributed by atoms with Crippen LogP contribution in [-0.4, -0.2) is 60.0 Å². The molecule has 0 radical (unpaired) electrons. The third-order valence-electron chi connectivity index (χ3n) is 5.23. The number of carbonyl (C=O) groups is 3. The number of amides is 1. The fourth-order valence-electron chi connectivity index (χ4n) is 3.57. The molecule has 0 saturated heterocycles. The summed E-state index contributed by atoms with van der Waals surface area (Å²) in [5.74, 6) is -0.837. The van der Waals surface area contributed by atoms with Gasteiger partial charge >= 0.3 is 5.97 Å². The highest BCUT2D eigenvalue weighted by atomic mass is 32.1. The monoisotopic (exact) mass is 434 g/mol. The molecule has 0 saturated carbocycles. The smallest absolute Gasteiger partial charge is 0.355 e. The van der Waals surface area contributed by atoms with Gasteiger partial charge in [-0.25, -0.2) is 4.79 Å². The number of rotatable bonds is 10. The van der Waals surface area contributed by atoms with Crippen LogP contribution in [0.1, 0.15) is 62.0 Å². The van der Waals surface area contributed by atoms with Crippen molar-refractivity contribution >= 4 is 29.0 Å². The Bertz CT molecular complexity index is 901. The van der Waals surface area contributed by atoms with Gasteiger partial charge in [-0.15, -0.1) is 11.3 Å². The predicted octanol–water partition coefficient (Wildman–Crippen LogP) is 3.63. The minimum Gasteiger partial charge on any atom is -0.461 e. The van der Waals surface area contributed by atoms with Gasteiger partial charge in [-0.2, -0.15) is 0 Å². The molecule has 2 rings (SSSR count). The number of thiophene rings is 1. The fourth-order valence-corrected chi connectivity index (χ4v) is 4.25. The van der Waals surface area contributed by atoms with Crippen LogP contribution >= 0.6 is 11.3 Å².